The van der Waals surface area contributed by atoms with Crippen molar-refractivity contribution in [2.24, 2.45) is 0 Å². The van der Waals surface area contributed by atoms with Crippen molar-refractivity contribution in [2.75, 3.05) is 49.3 Å². The van der Waals surface area contributed by atoms with Gasteiger partial charge in [0.05, 0.1) is 16.6 Å². The van der Waals surface area contributed by atoms with Crippen molar-refractivity contribution >= 4 is 34.3 Å². The summed E-state index contributed by atoms with van der Waals surface area (Å²) in [6.45, 7) is 2.59. The van der Waals surface area contributed by atoms with Crippen LogP contribution in [-0.2, 0) is 14.3 Å². The van der Waals surface area contributed by atoms with Gasteiger partial charge in [0.15, 0.2) is 0 Å². The molecule has 2 aliphatic heterocycles. The standard InChI is InChI=1S/C16H18N6O3/c17-14-13-10(19-16(18)20-14)2-1-3-11(13)21-4-6-22(7-5-21)15(23)12-8-24-9-25-12/h1-3,8H,4-7,9H2,(H4,17,18,19,20). The number of aromatic nitrogens is 2. The van der Waals surface area contributed by atoms with E-state index in [9.17, 15) is 4.79 Å². The third-order valence-electron chi connectivity index (χ3n) is 4.34. The largest absolute Gasteiger partial charge is 0.461 e. The lowest BCUT2D eigenvalue weighted by atomic mass is 10.1. The van der Waals surface area contributed by atoms with Crippen LogP contribution in [0, 0.1) is 0 Å². The Labute approximate surface area is 143 Å². The van der Waals surface area contributed by atoms with Crippen molar-refractivity contribution in [3.05, 3.63) is 30.2 Å². The highest BCUT2D eigenvalue weighted by Gasteiger charge is 2.27. The van der Waals surface area contributed by atoms with Gasteiger partial charge in [-0.2, -0.15) is 4.98 Å². The number of benzene rings is 1. The zero-order chi connectivity index (χ0) is 17.4. The van der Waals surface area contributed by atoms with Gasteiger partial charge < -0.3 is 30.7 Å². The van der Waals surface area contributed by atoms with Crippen LogP contribution < -0.4 is 16.4 Å². The molecule has 9 heteroatoms. The molecule has 0 saturated carbocycles. The van der Waals surface area contributed by atoms with Crippen molar-refractivity contribution in [1.82, 2.24) is 14.9 Å². The van der Waals surface area contributed by atoms with E-state index >= 15 is 0 Å². The number of carbonyl (C=O) groups is 1. The Morgan fingerprint density at radius 1 is 1.12 bits per heavy atom. The molecular formula is C16H18N6O3. The average molecular weight is 342 g/mol. The summed E-state index contributed by atoms with van der Waals surface area (Å²) < 4.78 is 10.1. The fraction of sp³-hybridized carbons (Fsp3) is 0.312. The first-order valence-electron chi connectivity index (χ1n) is 7.94. The lowest BCUT2D eigenvalue weighted by molar-refractivity contribution is -0.131. The van der Waals surface area contributed by atoms with Gasteiger partial charge in [0.2, 0.25) is 18.5 Å². The summed E-state index contributed by atoms with van der Waals surface area (Å²) in [5.74, 6) is 0.625. The number of nitrogens with two attached hydrogens (primary N) is 2. The maximum Gasteiger partial charge on any atom is 0.292 e. The average Bonchev–Trinajstić information content (AvgIpc) is 3.15. The summed E-state index contributed by atoms with van der Waals surface area (Å²) in [6, 6.07) is 5.75. The van der Waals surface area contributed by atoms with Gasteiger partial charge in [-0.1, -0.05) is 6.07 Å². The summed E-state index contributed by atoms with van der Waals surface area (Å²) in [4.78, 5) is 24.6. The Morgan fingerprint density at radius 3 is 2.64 bits per heavy atom. The molecule has 4 rings (SSSR count). The monoisotopic (exact) mass is 342 g/mol. The van der Waals surface area contributed by atoms with Crippen LogP contribution in [0.1, 0.15) is 0 Å². The maximum atomic E-state index is 12.3. The Kier molecular flexibility index (Phi) is 3.68. The number of carbonyl (C=O) groups excluding carboxylic acids is 1. The molecular weight excluding hydrogens is 324 g/mol. The van der Waals surface area contributed by atoms with E-state index in [1.807, 2.05) is 18.2 Å². The molecule has 1 saturated heterocycles. The lowest BCUT2D eigenvalue weighted by Crippen LogP contribution is -2.49. The van der Waals surface area contributed by atoms with Crippen LogP contribution in [0.2, 0.25) is 0 Å². The number of nitrogen functional groups attached to an aromatic ring is 2. The number of hydrogen-bond donors (Lipinski definition) is 2. The predicted octanol–water partition coefficient (Wildman–Crippen LogP) is 0.289. The number of piperazine rings is 1. The van der Waals surface area contributed by atoms with Gasteiger partial charge in [-0.05, 0) is 12.1 Å². The molecule has 25 heavy (non-hydrogen) atoms. The molecule has 1 amide bonds. The van der Waals surface area contributed by atoms with Gasteiger partial charge in [-0.25, -0.2) is 4.98 Å². The van der Waals surface area contributed by atoms with Gasteiger partial charge in [0.25, 0.3) is 5.91 Å². The molecule has 0 radical (unpaired) electrons. The number of rotatable bonds is 2. The molecule has 4 N–H and O–H groups in total. The van der Waals surface area contributed by atoms with E-state index in [0.29, 0.717) is 37.5 Å². The molecule has 0 atom stereocenters. The SMILES string of the molecule is Nc1nc(N)c2c(N3CCN(C(=O)C4=COCO4)CC3)cccc2n1. The lowest BCUT2D eigenvalue weighted by Gasteiger charge is -2.36. The molecule has 3 heterocycles. The topological polar surface area (TPSA) is 120 Å². The third kappa shape index (κ3) is 2.73. The normalized spacial score (nSPS) is 17.2. The maximum absolute atomic E-state index is 12.3. The molecule has 0 unspecified atom stereocenters. The second kappa shape index (κ2) is 6.00. The van der Waals surface area contributed by atoms with Gasteiger partial charge >= 0.3 is 0 Å². The molecule has 1 fully saturated rings. The zero-order valence-electron chi connectivity index (χ0n) is 13.5. The molecule has 0 bridgehead atoms. The minimum absolute atomic E-state index is 0.0967. The second-order valence-corrected chi connectivity index (χ2v) is 5.83. The smallest absolute Gasteiger partial charge is 0.292 e. The number of anilines is 3. The number of hydrogen-bond acceptors (Lipinski definition) is 8. The van der Waals surface area contributed by atoms with Crippen LogP contribution in [0.25, 0.3) is 10.9 Å². The van der Waals surface area contributed by atoms with E-state index in [1.165, 1.54) is 6.26 Å². The Balaban J connectivity index is 1.55. The zero-order valence-corrected chi connectivity index (χ0v) is 13.5. The van der Waals surface area contributed by atoms with E-state index in [4.69, 9.17) is 20.9 Å². The summed E-state index contributed by atoms with van der Waals surface area (Å²) in [5.41, 5.74) is 13.4. The van der Waals surface area contributed by atoms with E-state index in [1.54, 1.807) is 4.90 Å². The highest BCUT2D eigenvalue weighted by Crippen LogP contribution is 2.31. The van der Waals surface area contributed by atoms with Gasteiger partial charge in [-0.15, -0.1) is 0 Å². The summed E-state index contributed by atoms with van der Waals surface area (Å²) in [7, 11) is 0. The van der Waals surface area contributed by atoms with Crippen LogP contribution >= 0.6 is 0 Å². The molecule has 1 aromatic heterocycles. The number of ether oxygens (including phenoxy) is 2. The Bertz CT molecular complexity index is 860. The van der Waals surface area contributed by atoms with Crippen molar-refractivity contribution in [3.8, 4) is 0 Å². The number of fused-ring (bicyclic) bond motifs is 1. The highest BCUT2D eigenvalue weighted by molar-refractivity contribution is 6.00. The minimum Gasteiger partial charge on any atom is -0.461 e. The van der Waals surface area contributed by atoms with Crippen LogP contribution in [0.15, 0.2) is 30.2 Å². The number of amides is 1. The van der Waals surface area contributed by atoms with Crippen molar-refractivity contribution in [3.63, 3.8) is 0 Å². The molecule has 2 aromatic rings. The summed E-state index contributed by atoms with van der Waals surface area (Å²) in [5, 5.41) is 0.784. The molecule has 2 aliphatic rings. The van der Waals surface area contributed by atoms with Gasteiger partial charge in [0.1, 0.15) is 12.1 Å². The van der Waals surface area contributed by atoms with Gasteiger partial charge in [-0.3, -0.25) is 4.79 Å². The van der Waals surface area contributed by atoms with Crippen molar-refractivity contribution in [1.29, 1.82) is 0 Å². The first-order chi connectivity index (χ1) is 12.1. The van der Waals surface area contributed by atoms with Crippen LogP contribution in [0.5, 0.6) is 0 Å². The van der Waals surface area contributed by atoms with Crippen molar-refractivity contribution in [2.45, 2.75) is 0 Å². The van der Waals surface area contributed by atoms with E-state index in [2.05, 4.69) is 14.9 Å². The quantitative estimate of drug-likeness (QED) is 0.799. The molecule has 0 aliphatic carbocycles. The Morgan fingerprint density at radius 2 is 1.92 bits per heavy atom. The fourth-order valence-corrected chi connectivity index (χ4v) is 3.13. The number of nitrogens with zero attached hydrogens (tertiary/aromatic N) is 4. The van der Waals surface area contributed by atoms with Crippen LogP contribution in [0.4, 0.5) is 17.5 Å². The fourth-order valence-electron chi connectivity index (χ4n) is 3.13. The highest BCUT2D eigenvalue weighted by atomic mass is 16.7. The first kappa shape index (κ1) is 15.3. The van der Waals surface area contributed by atoms with E-state index in [-0.39, 0.29) is 24.4 Å². The molecule has 130 valence electrons. The van der Waals surface area contributed by atoms with Crippen LogP contribution in [-0.4, -0.2) is 53.7 Å². The van der Waals surface area contributed by atoms with Gasteiger partial charge in [0, 0.05) is 26.2 Å². The second-order valence-electron chi connectivity index (χ2n) is 5.83. The van der Waals surface area contributed by atoms with E-state index in [0.717, 1.165) is 11.1 Å². The first-order valence-corrected chi connectivity index (χ1v) is 7.94. The molecule has 0 spiro atoms. The minimum atomic E-state index is -0.148. The summed E-state index contributed by atoms with van der Waals surface area (Å²) in [6.07, 6.45) is 1.36. The molecule has 9 nitrogen and oxygen atoms in total. The van der Waals surface area contributed by atoms with Crippen LogP contribution in [0.3, 0.4) is 0 Å². The molecule has 1 aromatic carbocycles. The summed E-state index contributed by atoms with van der Waals surface area (Å²) >= 11 is 0. The predicted molar refractivity (Wildman–Crippen MR) is 92.3 cm³/mol. The Hall–Kier alpha value is -3.23. The van der Waals surface area contributed by atoms with E-state index < -0.39 is 0 Å². The third-order valence-corrected chi connectivity index (χ3v) is 4.34. The van der Waals surface area contributed by atoms with Crippen molar-refractivity contribution < 1.29 is 14.3 Å².